The highest BCUT2D eigenvalue weighted by Gasteiger charge is 2.52. The van der Waals surface area contributed by atoms with Crippen LogP contribution in [0.1, 0.15) is 25.3 Å². The maximum atomic E-state index is 13.1. The van der Waals surface area contributed by atoms with Crippen LogP contribution in [0.15, 0.2) is 48.5 Å². The largest absolute Gasteiger partial charge is 0.325 e. The molecule has 0 saturated carbocycles. The third kappa shape index (κ3) is 3.71. The summed E-state index contributed by atoms with van der Waals surface area (Å²) in [6.07, 6.45) is 1.07. The number of carbonyl (C=O) groups is 3. The SMILES string of the molecule is CCC[C@@]1(c2ccccc2)NC(=O)N(CC(=O)Nc2ccc(F)cc2Cl)C1=O. The molecule has 2 aromatic rings. The van der Waals surface area contributed by atoms with E-state index in [4.69, 9.17) is 11.6 Å². The molecule has 1 aliphatic heterocycles. The van der Waals surface area contributed by atoms with Crippen LogP contribution in [0.25, 0.3) is 0 Å². The molecule has 0 bridgehead atoms. The Morgan fingerprint density at radius 3 is 2.57 bits per heavy atom. The molecule has 2 N–H and O–H groups in total. The van der Waals surface area contributed by atoms with E-state index in [1.165, 1.54) is 6.07 Å². The van der Waals surface area contributed by atoms with Crippen molar-refractivity contribution in [3.05, 3.63) is 64.9 Å². The lowest BCUT2D eigenvalue weighted by atomic mass is 9.85. The van der Waals surface area contributed by atoms with Crippen molar-refractivity contribution in [1.82, 2.24) is 10.2 Å². The minimum Gasteiger partial charge on any atom is -0.323 e. The van der Waals surface area contributed by atoms with Gasteiger partial charge in [-0.15, -0.1) is 0 Å². The summed E-state index contributed by atoms with van der Waals surface area (Å²) in [7, 11) is 0. The van der Waals surface area contributed by atoms with E-state index in [1.54, 1.807) is 24.3 Å². The van der Waals surface area contributed by atoms with Crippen LogP contribution in [-0.2, 0) is 15.1 Å². The van der Waals surface area contributed by atoms with Gasteiger partial charge in [-0.05, 0) is 30.2 Å². The predicted octanol–water partition coefficient (Wildman–Crippen LogP) is 3.67. The lowest BCUT2D eigenvalue weighted by molar-refractivity contribution is -0.134. The highest BCUT2D eigenvalue weighted by molar-refractivity contribution is 6.33. The third-order valence-corrected chi connectivity index (χ3v) is 4.89. The van der Waals surface area contributed by atoms with Gasteiger partial charge in [-0.1, -0.05) is 55.3 Å². The molecule has 1 atom stereocenters. The average molecular weight is 404 g/mol. The fourth-order valence-electron chi connectivity index (χ4n) is 3.30. The van der Waals surface area contributed by atoms with Gasteiger partial charge in [0, 0.05) is 0 Å². The summed E-state index contributed by atoms with van der Waals surface area (Å²) in [5.74, 6) is -1.63. The maximum absolute atomic E-state index is 13.1. The Morgan fingerprint density at radius 1 is 1.21 bits per heavy atom. The van der Waals surface area contributed by atoms with Crippen LogP contribution < -0.4 is 10.6 Å². The average Bonchev–Trinajstić information content (AvgIpc) is 2.90. The molecule has 1 aliphatic rings. The van der Waals surface area contributed by atoms with E-state index >= 15 is 0 Å². The van der Waals surface area contributed by atoms with Crippen LogP contribution in [0, 0.1) is 5.82 Å². The Hall–Kier alpha value is -2.93. The molecule has 4 amide bonds. The van der Waals surface area contributed by atoms with Gasteiger partial charge in [0.25, 0.3) is 5.91 Å². The van der Waals surface area contributed by atoms with Crippen LogP contribution >= 0.6 is 11.6 Å². The first-order valence-electron chi connectivity index (χ1n) is 8.82. The normalized spacial score (nSPS) is 18.9. The van der Waals surface area contributed by atoms with Crippen molar-refractivity contribution >= 4 is 35.1 Å². The fraction of sp³-hybridized carbons (Fsp3) is 0.250. The summed E-state index contributed by atoms with van der Waals surface area (Å²) >= 11 is 5.90. The van der Waals surface area contributed by atoms with E-state index in [2.05, 4.69) is 10.6 Å². The van der Waals surface area contributed by atoms with Crippen molar-refractivity contribution in [2.75, 3.05) is 11.9 Å². The number of urea groups is 1. The van der Waals surface area contributed by atoms with E-state index in [9.17, 15) is 18.8 Å². The standard InChI is InChI=1S/C20H19ClFN3O3/c1-2-10-20(13-6-4-3-5-7-13)18(27)25(19(28)24-20)12-17(26)23-16-9-8-14(22)11-15(16)21/h3-9,11H,2,10,12H2,1H3,(H,23,26)(H,24,28)/t20-/m0/s1. The molecule has 6 nitrogen and oxygen atoms in total. The number of imide groups is 1. The summed E-state index contributed by atoms with van der Waals surface area (Å²) in [5.41, 5.74) is -0.330. The summed E-state index contributed by atoms with van der Waals surface area (Å²) in [4.78, 5) is 38.9. The lowest BCUT2D eigenvalue weighted by Crippen LogP contribution is -2.44. The third-order valence-electron chi connectivity index (χ3n) is 4.57. The number of anilines is 1. The number of nitrogens with one attached hydrogen (secondary N) is 2. The Morgan fingerprint density at radius 2 is 1.93 bits per heavy atom. The molecule has 146 valence electrons. The maximum Gasteiger partial charge on any atom is 0.325 e. The molecule has 0 spiro atoms. The molecule has 0 aliphatic carbocycles. The topological polar surface area (TPSA) is 78.5 Å². The summed E-state index contributed by atoms with van der Waals surface area (Å²) in [6.45, 7) is 1.44. The number of halogens is 2. The number of hydrogen-bond donors (Lipinski definition) is 2. The van der Waals surface area contributed by atoms with E-state index in [0.717, 1.165) is 17.0 Å². The highest BCUT2D eigenvalue weighted by Crippen LogP contribution is 2.33. The molecular weight excluding hydrogens is 385 g/mol. The van der Waals surface area contributed by atoms with Crippen molar-refractivity contribution in [1.29, 1.82) is 0 Å². The number of carbonyl (C=O) groups excluding carboxylic acids is 3. The molecule has 1 fully saturated rings. The first-order chi connectivity index (χ1) is 13.4. The first kappa shape index (κ1) is 19.8. The smallest absolute Gasteiger partial charge is 0.323 e. The van der Waals surface area contributed by atoms with Gasteiger partial charge in [0.1, 0.15) is 17.9 Å². The van der Waals surface area contributed by atoms with Crippen molar-refractivity contribution in [3.63, 3.8) is 0 Å². The van der Waals surface area contributed by atoms with Gasteiger partial charge in [0.2, 0.25) is 5.91 Å². The van der Waals surface area contributed by atoms with Gasteiger partial charge in [-0.25, -0.2) is 9.18 Å². The van der Waals surface area contributed by atoms with Crippen molar-refractivity contribution in [2.24, 2.45) is 0 Å². The summed E-state index contributed by atoms with van der Waals surface area (Å²) in [6, 6.07) is 11.8. The number of nitrogens with zero attached hydrogens (tertiary/aromatic N) is 1. The molecule has 1 heterocycles. The Balaban J connectivity index is 1.80. The van der Waals surface area contributed by atoms with Gasteiger partial charge in [0.15, 0.2) is 0 Å². The zero-order chi connectivity index (χ0) is 20.3. The lowest BCUT2D eigenvalue weighted by Gasteiger charge is -2.26. The van der Waals surface area contributed by atoms with E-state index in [1.807, 2.05) is 13.0 Å². The second kappa shape index (κ2) is 7.98. The second-order valence-corrected chi connectivity index (χ2v) is 6.92. The molecule has 0 unspecified atom stereocenters. The summed E-state index contributed by atoms with van der Waals surface area (Å²) < 4.78 is 13.1. The Kier molecular flexibility index (Phi) is 5.65. The number of rotatable bonds is 6. The van der Waals surface area contributed by atoms with Gasteiger partial charge in [-0.2, -0.15) is 0 Å². The van der Waals surface area contributed by atoms with E-state index < -0.39 is 35.7 Å². The molecule has 8 heteroatoms. The fourth-order valence-corrected chi connectivity index (χ4v) is 3.52. The predicted molar refractivity (Wildman–Crippen MR) is 103 cm³/mol. The zero-order valence-electron chi connectivity index (χ0n) is 15.2. The van der Waals surface area contributed by atoms with Crippen LogP contribution in [-0.4, -0.2) is 29.3 Å². The van der Waals surface area contributed by atoms with Crippen LogP contribution in [0.2, 0.25) is 5.02 Å². The van der Waals surface area contributed by atoms with Crippen LogP contribution in [0.4, 0.5) is 14.9 Å². The molecule has 3 rings (SSSR count). The molecule has 28 heavy (non-hydrogen) atoms. The van der Waals surface area contributed by atoms with Gasteiger partial charge in [0.05, 0.1) is 10.7 Å². The molecule has 1 saturated heterocycles. The monoisotopic (exact) mass is 403 g/mol. The molecule has 2 aromatic carbocycles. The molecule has 0 radical (unpaired) electrons. The first-order valence-corrected chi connectivity index (χ1v) is 9.19. The van der Waals surface area contributed by atoms with E-state index in [0.29, 0.717) is 18.4 Å². The van der Waals surface area contributed by atoms with Gasteiger partial charge < -0.3 is 10.6 Å². The number of hydrogen-bond acceptors (Lipinski definition) is 3. The minimum absolute atomic E-state index is 0.0233. The van der Waals surface area contributed by atoms with Gasteiger partial charge >= 0.3 is 6.03 Å². The Bertz CT molecular complexity index is 922. The van der Waals surface area contributed by atoms with Gasteiger partial charge in [-0.3, -0.25) is 14.5 Å². The minimum atomic E-state index is -1.19. The van der Waals surface area contributed by atoms with Crippen molar-refractivity contribution in [2.45, 2.75) is 25.3 Å². The quantitative estimate of drug-likeness (QED) is 0.722. The number of amides is 4. The Labute approximate surface area is 166 Å². The van der Waals surface area contributed by atoms with E-state index in [-0.39, 0.29) is 10.7 Å². The summed E-state index contributed by atoms with van der Waals surface area (Å²) in [5, 5.41) is 5.27. The highest BCUT2D eigenvalue weighted by atomic mass is 35.5. The number of benzene rings is 2. The van der Waals surface area contributed by atoms with Crippen molar-refractivity contribution < 1.29 is 18.8 Å². The zero-order valence-corrected chi connectivity index (χ0v) is 15.9. The van der Waals surface area contributed by atoms with Crippen LogP contribution in [0.5, 0.6) is 0 Å². The van der Waals surface area contributed by atoms with Crippen LogP contribution in [0.3, 0.4) is 0 Å². The second-order valence-electron chi connectivity index (χ2n) is 6.52. The molecular formula is C20H19ClFN3O3. The van der Waals surface area contributed by atoms with Crippen molar-refractivity contribution in [3.8, 4) is 0 Å². The molecule has 0 aromatic heterocycles.